The van der Waals surface area contributed by atoms with Crippen LogP contribution < -0.4 is 16.4 Å². The number of carbonyl (C=O) groups is 1. The molecule has 2 aliphatic rings. The van der Waals surface area contributed by atoms with Crippen molar-refractivity contribution in [2.75, 3.05) is 36.8 Å². The van der Waals surface area contributed by atoms with Crippen molar-refractivity contribution in [1.29, 1.82) is 0 Å². The van der Waals surface area contributed by atoms with Crippen LogP contribution >= 0.6 is 11.3 Å². The van der Waals surface area contributed by atoms with Gasteiger partial charge in [-0.2, -0.15) is 0 Å². The molecule has 0 unspecified atom stereocenters. The molecule has 0 spiro atoms. The number of hydrogen-bond acceptors (Lipinski definition) is 6. The average Bonchev–Trinajstić information content (AvgIpc) is 2.90. The van der Waals surface area contributed by atoms with Gasteiger partial charge in [0, 0.05) is 32.2 Å². The Bertz CT molecular complexity index is 503. The molecule has 3 heterocycles. The number of likely N-dealkylation sites (tertiary alicyclic amines) is 1. The highest BCUT2D eigenvalue weighted by atomic mass is 32.1. The maximum atomic E-state index is 12.5. The van der Waals surface area contributed by atoms with Gasteiger partial charge in [0.2, 0.25) is 0 Å². The summed E-state index contributed by atoms with van der Waals surface area (Å²) in [7, 11) is 0. The van der Waals surface area contributed by atoms with Gasteiger partial charge in [-0.3, -0.25) is 4.79 Å². The highest BCUT2D eigenvalue weighted by molar-refractivity contribution is 7.18. The topological polar surface area (TPSA) is 88.5 Å². The summed E-state index contributed by atoms with van der Waals surface area (Å²) in [5.41, 5.74) is 11.9. The third-order valence-corrected chi connectivity index (χ3v) is 5.41. The molecule has 2 fully saturated rings. The van der Waals surface area contributed by atoms with Crippen molar-refractivity contribution in [3.63, 3.8) is 0 Å². The van der Waals surface area contributed by atoms with Gasteiger partial charge in [-0.1, -0.05) is 11.3 Å². The highest BCUT2D eigenvalue weighted by Gasteiger charge is 2.26. The molecule has 1 amide bonds. The number of rotatable bonds is 2. The number of carbonyl (C=O) groups excluding carboxylic acids is 1. The third-order valence-electron chi connectivity index (χ3n) is 4.29. The van der Waals surface area contributed by atoms with Crippen LogP contribution in [-0.4, -0.2) is 48.0 Å². The Morgan fingerprint density at radius 2 is 1.81 bits per heavy atom. The zero-order valence-corrected chi connectivity index (χ0v) is 13.1. The van der Waals surface area contributed by atoms with Crippen molar-refractivity contribution in [3.05, 3.63) is 4.88 Å². The van der Waals surface area contributed by atoms with E-state index in [9.17, 15) is 4.79 Å². The second kappa shape index (κ2) is 6.19. The minimum absolute atomic E-state index is 0.0460. The predicted octanol–water partition coefficient (Wildman–Crippen LogP) is 1.28. The predicted molar refractivity (Wildman–Crippen MR) is 85.7 cm³/mol. The molecule has 1 aromatic heterocycles. The summed E-state index contributed by atoms with van der Waals surface area (Å²) in [5.74, 6) is 0.421. The first kappa shape index (κ1) is 14.6. The molecule has 2 aliphatic heterocycles. The van der Waals surface area contributed by atoms with E-state index < -0.39 is 0 Å². The van der Waals surface area contributed by atoms with Gasteiger partial charge in [-0.15, -0.1) is 0 Å². The summed E-state index contributed by atoms with van der Waals surface area (Å²) >= 11 is 1.43. The first-order chi connectivity index (χ1) is 10.1. The summed E-state index contributed by atoms with van der Waals surface area (Å²) in [6.45, 7) is 3.46. The average molecular weight is 309 g/mol. The fourth-order valence-corrected chi connectivity index (χ4v) is 3.94. The highest BCUT2D eigenvalue weighted by Crippen LogP contribution is 2.31. The molecule has 0 saturated carbocycles. The molecule has 116 valence electrons. The van der Waals surface area contributed by atoms with E-state index in [1.165, 1.54) is 17.8 Å². The van der Waals surface area contributed by atoms with E-state index >= 15 is 0 Å². The molecule has 0 radical (unpaired) electrons. The standard InChI is InChI=1S/C14H23N5OS/c15-10-4-8-19(9-5-10)14-17-12(16)11(21-14)13(20)18-6-2-1-3-7-18/h10H,1-9,15-16H2. The van der Waals surface area contributed by atoms with Crippen molar-refractivity contribution >= 4 is 28.2 Å². The Morgan fingerprint density at radius 1 is 1.14 bits per heavy atom. The van der Waals surface area contributed by atoms with Gasteiger partial charge in [-0.25, -0.2) is 4.98 Å². The SMILES string of the molecule is Nc1nc(N2CCC(N)CC2)sc1C(=O)N1CCCCC1. The van der Waals surface area contributed by atoms with Crippen molar-refractivity contribution in [1.82, 2.24) is 9.88 Å². The van der Waals surface area contributed by atoms with Crippen LogP contribution in [0.15, 0.2) is 0 Å². The van der Waals surface area contributed by atoms with Crippen LogP contribution in [0.5, 0.6) is 0 Å². The smallest absolute Gasteiger partial charge is 0.267 e. The molecule has 0 aliphatic carbocycles. The van der Waals surface area contributed by atoms with Crippen LogP contribution in [0.25, 0.3) is 0 Å². The molecule has 3 rings (SSSR count). The summed E-state index contributed by atoms with van der Waals surface area (Å²) in [4.78, 5) is 21.7. The number of piperidine rings is 2. The second-order valence-corrected chi connectivity index (χ2v) is 6.87. The van der Waals surface area contributed by atoms with Gasteiger partial charge < -0.3 is 21.3 Å². The third kappa shape index (κ3) is 3.13. The van der Waals surface area contributed by atoms with Crippen molar-refractivity contribution < 1.29 is 4.79 Å². The van der Waals surface area contributed by atoms with Crippen molar-refractivity contribution in [2.45, 2.75) is 38.1 Å². The Labute approximate surface area is 129 Å². The van der Waals surface area contributed by atoms with Crippen LogP contribution in [0.4, 0.5) is 10.9 Å². The second-order valence-electron chi connectivity index (χ2n) is 5.89. The maximum Gasteiger partial charge on any atom is 0.267 e. The van der Waals surface area contributed by atoms with Crippen LogP contribution in [0.1, 0.15) is 41.8 Å². The minimum atomic E-state index is 0.0460. The van der Waals surface area contributed by atoms with Gasteiger partial charge in [0.15, 0.2) is 5.13 Å². The van der Waals surface area contributed by atoms with Gasteiger partial charge in [0.05, 0.1) is 0 Å². The largest absolute Gasteiger partial charge is 0.382 e. The summed E-state index contributed by atoms with van der Waals surface area (Å²) in [5, 5.41) is 0.861. The van der Waals surface area contributed by atoms with E-state index in [1.54, 1.807) is 0 Å². The van der Waals surface area contributed by atoms with E-state index in [2.05, 4.69) is 9.88 Å². The molecular formula is C14H23N5OS. The molecular weight excluding hydrogens is 286 g/mol. The van der Waals surface area contributed by atoms with Crippen molar-refractivity contribution in [2.24, 2.45) is 5.73 Å². The fraction of sp³-hybridized carbons (Fsp3) is 0.714. The number of thiazole rings is 1. The number of nitrogens with zero attached hydrogens (tertiary/aromatic N) is 3. The van der Waals surface area contributed by atoms with E-state index in [4.69, 9.17) is 11.5 Å². The van der Waals surface area contributed by atoms with Gasteiger partial charge in [0.25, 0.3) is 5.91 Å². The molecule has 4 N–H and O–H groups in total. The molecule has 1 aromatic rings. The molecule has 0 bridgehead atoms. The van der Waals surface area contributed by atoms with Gasteiger partial charge >= 0.3 is 0 Å². The Hall–Kier alpha value is -1.34. The lowest BCUT2D eigenvalue weighted by atomic mass is 10.1. The van der Waals surface area contributed by atoms with Crippen molar-refractivity contribution in [3.8, 4) is 0 Å². The van der Waals surface area contributed by atoms with Crippen LogP contribution in [0.3, 0.4) is 0 Å². The maximum absolute atomic E-state index is 12.5. The monoisotopic (exact) mass is 309 g/mol. The molecule has 21 heavy (non-hydrogen) atoms. The van der Waals surface area contributed by atoms with E-state index in [1.807, 2.05) is 4.90 Å². The molecule has 0 atom stereocenters. The molecule has 2 saturated heterocycles. The number of amides is 1. The Morgan fingerprint density at radius 3 is 2.48 bits per heavy atom. The number of nitrogen functional groups attached to an aromatic ring is 1. The summed E-state index contributed by atoms with van der Waals surface area (Å²) in [6, 6.07) is 0.285. The van der Waals surface area contributed by atoms with Crippen LogP contribution in [0.2, 0.25) is 0 Å². The minimum Gasteiger partial charge on any atom is -0.382 e. The fourth-order valence-electron chi connectivity index (χ4n) is 2.94. The zero-order valence-electron chi connectivity index (χ0n) is 12.3. The molecule has 0 aromatic carbocycles. The number of nitrogens with two attached hydrogens (primary N) is 2. The lowest BCUT2D eigenvalue weighted by Gasteiger charge is -2.29. The van der Waals surface area contributed by atoms with E-state index in [-0.39, 0.29) is 11.9 Å². The molecule has 6 nitrogen and oxygen atoms in total. The first-order valence-electron chi connectivity index (χ1n) is 7.71. The normalized spacial score (nSPS) is 20.8. The van der Waals surface area contributed by atoms with Gasteiger partial charge in [0.1, 0.15) is 10.7 Å². The summed E-state index contributed by atoms with van der Waals surface area (Å²) in [6.07, 6.45) is 5.31. The van der Waals surface area contributed by atoms with E-state index in [0.717, 1.165) is 57.0 Å². The summed E-state index contributed by atoms with van der Waals surface area (Å²) < 4.78 is 0. The lowest BCUT2D eigenvalue weighted by Crippen LogP contribution is -2.39. The van der Waals surface area contributed by atoms with E-state index in [0.29, 0.717) is 10.7 Å². The Balaban J connectivity index is 1.73. The molecule has 7 heteroatoms. The Kier molecular flexibility index (Phi) is 4.30. The van der Waals surface area contributed by atoms with Crippen LogP contribution in [-0.2, 0) is 0 Å². The van der Waals surface area contributed by atoms with Gasteiger partial charge in [-0.05, 0) is 32.1 Å². The number of anilines is 2. The number of aromatic nitrogens is 1. The lowest BCUT2D eigenvalue weighted by molar-refractivity contribution is 0.0730. The van der Waals surface area contributed by atoms with Crippen LogP contribution in [0, 0.1) is 0 Å². The number of hydrogen-bond donors (Lipinski definition) is 2. The quantitative estimate of drug-likeness (QED) is 0.859. The zero-order chi connectivity index (χ0) is 14.8. The first-order valence-corrected chi connectivity index (χ1v) is 8.53.